The maximum absolute atomic E-state index is 12.8. The van der Waals surface area contributed by atoms with Gasteiger partial charge in [-0.05, 0) is 76.1 Å². The predicted molar refractivity (Wildman–Crippen MR) is 112 cm³/mol. The molecule has 28 heavy (non-hydrogen) atoms. The third-order valence-corrected chi connectivity index (χ3v) is 8.58. The molecule has 0 amide bonds. The van der Waals surface area contributed by atoms with E-state index in [2.05, 4.69) is 0 Å². The number of carbonyl (C=O) groups excluding carboxylic acids is 1. The Bertz CT molecular complexity index is 896. The van der Waals surface area contributed by atoms with Crippen molar-refractivity contribution in [3.8, 4) is 11.3 Å². The molecule has 3 rings (SSSR count). The van der Waals surface area contributed by atoms with E-state index in [1.54, 1.807) is 27.0 Å². The lowest BCUT2D eigenvalue weighted by Gasteiger charge is -2.30. The fourth-order valence-corrected chi connectivity index (χ4v) is 5.29. The molecule has 0 unspecified atom stereocenters. The Balaban J connectivity index is 1.55. The van der Waals surface area contributed by atoms with Gasteiger partial charge in [0, 0.05) is 17.9 Å². The highest BCUT2D eigenvalue weighted by molar-refractivity contribution is 7.92. The summed E-state index contributed by atoms with van der Waals surface area (Å²) >= 11 is 0. The summed E-state index contributed by atoms with van der Waals surface area (Å²) in [5.74, 6) is 1.52. The molecule has 0 atom stereocenters. The smallest absolute Gasteiger partial charge is 0.155 e. The van der Waals surface area contributed by atoms with Crippen molar-refractivity contribution in [1.82, 2.24) is 0 Å². The van der Waals surface area contributed by atoms with Crippen molar-refractivity contribution in [2.24, 2.45) is 11.8 Å². The zero-order valence-corrected chi connectivity index (χ0v) is 17.8. The third-order valence-electron chi connectivity index (χ3n) is 5.80. The molecule has 1 aliphatic carbocycles. The van der Waals surface area contributed by atoms with E-state index in [-0.39, 0.29) is 23.4 Å². The zero-order valence-electron chi connectivity index (χ0n) is 17.0. The van der Waals surface area contributed by atoms with Gasteiger partial charge in [-0.1, -0.05) is 18.2 Å². The quantitative estimate of drug-likeness (QED) is 0.676. The summed E-state index contributed by atoms with van der Waals surface area (Å²) in [5.41, 5.74) is 1.97. The number of rotatable bonds is 6. The molecule has 0 saturated heterocycles. The Morgan fingerprint density at radius 1 is 1.07 bits per heavy atom. The van der Waals surface area contributed by atoms with Crippen LogP contribution in [0.3, 0.4) is 0 Å². The molecule has 2 aromatic rings. The highest BCUT2D eigenvalue weighted by Gasteiger charge is 2.34. The minimum atomic E-state index is -3.10. The average molecular weight is 403 g/mol. The van der Waals surface area contributed by atoms with Crippen LogP contribution in [0.2, 0.25) is 0 Å². The van der Waals surface area contributed by atoms with Crippen molar-refractivity contribution in [2.75, 3.05) is 5.75 Å². The van der Waals surface area contributed by atoms with E-state index < -0.39 is 14.6 Å². The van der Waals surface area contributed by atoms with Crippen molar-refractivity contribution in [2.45, 2.75) is 57.6 Å². The summed E-state index contributed by atoms with van der Waals surface area (Å²) in [6.07, 6.45) is 5.29. The molecule has 152 valence electrons. The van der Waals surface area contributed by atoms with Crippen molar-refractivity contribution in [1.29, 1.82) is 0 Å². The summed E-state index contributed by atoms with van der Waals surface area (Å²) in [4.78, 5) is 12.8. The molecule has 0 bridgehead atoms. The number of carbonyl (C=O) groups is 1. The number of furan rings is 1. The van der Waals surface area contributed by atoms with Crippen LogP contribution in [-0.2, 0) is 21.1 Å². The van der Waals surface area contributed by atoms with E-state index in [9.17, 15) is 13.2 Å². The molecule has 1 saturated carbocycles. The number of sulfone groups is 1. The van der Waals surface area contributed by atoms with Gasteiger partial charge in [-0.2, -0.15) is 0 Å². The van der Waals surface area contributed by atoms with Gasteiger partial charge in [0.2, 0.25) is 0 Å². The summed E-state index contributed by atoms with van der Waals surface area (Å²) in [7, 11) is -3.10. The lowest BCUT2D eigenvalue weighted by atomic mass is 9.79. The van der Waals surface area contributed by atoms with Gasteiger partial charge in [-0.3, -0.25) is 4.79 Å². The maximum Gasteiger partial charge on any atom is 0.155 e. The van der Waals surface area contributed by atoms with E-state index >= 15 is 0 Å². The van der Waals surface area contributed by atoms with Crippen molar-refractivity contribution in [3.63, 3.8) is 0 Å². The minimum absolute atomic E-state index is 0.0425. The Kier molecular flexibility index (Phi) is 6.13. The highest BCUT2D eigenvalue weighted by atomic mass is 32.2. The number of Topliss-reactive ketones (excluding diaryl/α,β-unsaturated/α-hetero) is 1. The minimum Gasteiger partial charge on any atom is -0.464 e. The molecule has 5 heteroatoms. The summed E-state index contributed by atoms with van der Waals surface area (Å²) in [6, 6.07) is 11.7. The van der Waals surface area contributed by atoms with Crippen LogP contribution in [0.15, 0.2) is 47.1 Å². The number of hydrogen-bond acceptors (Lipinski definition) is 4. The largest absolute Gasteiger partial charge is 0.464 e. The van der Waals surface area contributed by atoms with Gasteiger partial charge in [-0.25, -0.2) is 8.42 Å². The van der Waals surface area contributed by atoms with Crippen LogP contribution in [-0.4, -0.2) is 24.7 Å². The van der Waals surface area contributed by atoms with E-state index in [4.69, 9.17) is 4.42 Å². The summed E-state index contributed by atoms with van der Waals surface area (Å²) in [6.45, 7) is 5.27. The Morgan fingerprint density at radius 2 is 1.79 bits per heavy atom. The second kappa shape index (κ2) is 8.24. The van der Waals surface area contributed by atoms with Crippen LogP contribution >= 0.6 is 0 Å². The maximum atomic E-state index is 12.8. The number of ketones is 1. The summed E-state index contributed by atoms with van der Waals surface area (Å²) in [5, 5.41) is 0. The first-order valence-corrected chi connectivity index (χ1v) is 11.7. The molecular formula is C23H30O4S. The van der Waals surface area contributed by atoms with Gasteiger partial charge in [0.25, 0.3) is 0 Å². The monoisotopic (exact) mass is 402 g/mol. The molecule has 0 radical (unpaired) electrons. The van der Waals surface area contributed by atoms with E-state index in [1.165, 1.54) is 0 Å². The first-order chi connectivity index (χ1) is 13.2. The lowest BCUT2D eigenvalue weighted by molar-refractivity contribution is -0.123. The summed E-state index contributed by atoms with van der Waals surface area (Å²) < 4.78 is 29.6. The Labute approximate surface area is 168 Å². The van der Waals surface area contributed by atoms with Gasteiger partial charge in [-0.15, -0.1) is 0 Å². The molecular weight excluding hydrogens is 372 g/mol. The van der Waals surface area contributed by atoms with Crippen LogP contribution in [0.5, 0.6) is 0 Å². The molecule has 1 aliphatic rings. The first-order valence-electron chi connectivity index (χ1n) is 10.0. The average Bonchev–Trinajstić information content (AvgIpc) is 3.16. The number of benzene rings is 1. The van der Waals surface area contributed by atoms with Crippen molar-refractivity contribution < 1.29 is 17.6 Å². The first kappa shape index (κ1) is 20.8. The van der Waals surface area contributed by atoms with Gasteiger partial charge in [0.1, 0.15) is 11.5 Å². The lowest BCUT2D eigenvalue weighted by Crippen LogP contribution is -2.35. The van der Waals surface area contributed by atoms with E-state index in [0.29, 0.717) is 6.42 Å². The van der Waals surface area contributed by atoms with Gasteiger partial charge >= 0.3 is 0 Å². The zero-order chi connectivity index (χ0) is 20.4. The fraction of sp³-hybridized carbons (Fsp3) is 0.522. The molecule has 0 aliphatic heterocycles. The SMILES string of the molecule is CC(C)(C)S(=O)(=O)CC1CCC(C(=O)Cc2cccc(-c3ccco3)c2)CC1. The molecule has 0 N–H and O–H groups in total. The van der Waals surface area contributed by atoms with Crippen molar-refractivity contribution in [3.05, 3.63) is 48.2 Å². The van der Waals surface area contributed by atoms with Crippen LogP contribution < -0.4 is 0 Å². The van der Waals surface area contributed by atoms with Crippen LogP contribution in [0.1, 0.15) is 52.0 Å². The van der Waals surface area contributed by atoms with Crippen LogP contribution in [0.4, 0.5) is 0 Å². The highest BCUT2D eigenvalue weighted by Crippen LogP contribution is 2.33. The Hall–Kier alpha value is -1.88. The fourth-order valence-electron chi connectivity index (χ4n) is 3.83. The van der Waals surface area contributed by atoms with E-state index in [0.717, 1.165) is 42.6 Å². The van der Waals surface area contributed by atoms with Gasteiger partial charge in [0.15, 0.2) is 9.84 Å². The predicted octanol–water partition coefficient (Wildman–Crippen LogP) is 5.08. The van der Waals surface area contributed by atoms with Crippen LogP contribution in [0, 0.1) is 11.8 Å². The van der Waals surface area contributed by atoms with E-state index in [1.807, 2.05) is 36.4 Å². The molecule has 4 nitrogen and oxygen atoms in total. The van der Waals surface area contributed by atoms with Gasteiger partial charge < -0.3 is 4.42 Å². The molecule has 1 aromatic carbocycles. The standard InChI is InChI=1S/C23H30O4S/c1-23(2,3)28(25,26)16-17-9-11-19(12-10-17)21(24)15-18-6-4-7-20(14-18)22-8-5-13-27-22/h4-8,13-14,17,19H,9-12,15-16H2,1-3H3. The molecule has 1 heterocycles. The Morgan fingerprint density at radius 3 is 2.39 bits per heavy atom. The van der Waals surface area contributed by atoms with Crippen LogP contribution in [0.25, 0.3) is 11.3 Å². The second-order valence-electron chi connectivity index (χ2n) is 8.93. The molecule has 0 spiro atoms. The van der Waals surface area contributed by atoms with Crippen molar-refractivity contribution >= 4 is 15.6 Å². The normalized spacial score (nSPS) is 20.8. The molecule has 1 fully saturated rings. The topological polar surface area (TPSA) is 64.3 Å². The third kappa shape index (κ3) is 4.93. The molecule has 1 aromatic heterocycles. The second-order valence-corrected chi connectivity index (χ2v) is 11.7. The number of hydrogen-bond donors (Lipinski definition) is 0. The van der Waals surface area contributed by atoms with Gasteiger partial charge in [0.05, 0.1) is 16.8 Å².